The molecule has 4 aliphatic rings. The first-order valence-corrected chi connectivity index (χ1v) is 7.86. The van der Waals surface area contributed by atoms with Crippen molar-refractivity contribution in [2.75, 3.05) is 11.9 Å². The van der Waals surface area contributed by atoms with Crippen LogP contribution in [-0.4, -0.2) is 29.1 Å². The molecule has 1 atom stereocenters. The Morgan fingerprint density at radius 2 is 1.86 bits per heavy atom. The van der Waals surface area contributed by atoms with E-state index in [0.717, 1.165) is 30.5 Å². The standard InChI is InChI=1S/C17H20N2O3/c20-10-16-7-17(8-16,9-16)19-12-3-1-11(2-4-12)13-5-6-14(21)18-15(13)22/h1-4,13,19-20H,5-10H2,(H,18,21,22). The lowest BCUT2D eigenvalue weighted by atomic mass is 9.39. The van der Waals surface area contributed by atoms with E-state index in [0.29, 0.717) is 19.4 Å². The van der Waals surface area contributed by atoms with Gasteiger partial charge in [-0.3, -0.25) is 14.9 Å². The highest BCUT2D eigenvalue weighted by atomic mass is 16.3. The van der Waals surface area contributed by atoms with Crippen LogP contribution in [0.3, 0.4) is 0 Å². The lowest BCUT2D eigenvalue weighted by molar-refractivity contribution is -0.146. The SMILES string of the molecule is O=C1CCC(c2ccc(NC34CC(CO)(C3)C4)cc2)C(=O)N1. The maximum atomic E-state index is 11.9. The highest BCUT2D eigenvalue weighted by Crippen LogP contribution is 2.67. The van der Waals surface area contributed by atoms with Crippen molar-refractivity contribution < 1.29 is 14.7 Å². The third-order valence-corrected chi connectivity index (χ3v) is 5.44. The molecule has 4 fully saturated rings. The van der Waals surface area contributed by atoms with E-state index in [1.54, 1.807) is 0 Å². The summed E-state index contributed by atoms with van der Waals surface area (Å²) in [6, 6.07) is 7.95. The molecule has 5 heteroatoms. The summed E-state index contributed by atoms with van der Waals surface area (Å²) in [5, 5.41) is 15.3. The fraction of sp³-hybridized carbons (Fsp3) is 0.529. The van der Waals surface area contributed by atoms with E-state index in [2.05, 4.69) is 10.6 Å². The Balaban J connectivity index is 1.41. The van der Waals surface area contributed by atoms with Crippen LogP contribution in [0.5, 0.6) is 0 Å². The molecule has 1 heterocycles. The maximum absolute atomic E-state index is 11.9. The Kier molecular flexibility index (Phi) is 2.85. The summed E-state index contributed by atoms with van der Waals surface area (Å²) in [5.74, 6) is -0.596. The van der Waals surface area contributed by atoms with Crippen molar-refractivity contribution in [3.05, 3.63) is 29.8 Å². The van der Waals surface area contributed by atoms with Gasteiger partial charge >= 0.3 is 0 Å². The van der Waals surface area contributed by atoms with E-state index in [1.807, 2.05) is 24.3 Å². The zero-order chi connectivity index (χ0) is 15.4. The molecule has 116 valence electrons. The maximum Gasteiger partial charge on any atom is 0.234 e. The first-order chi connectivity index (χ1) is 10.5. The zero-order valence-corrected chi connectivity index (χ0v) is 12.4. The van der Waals surface area contributed by atoms with Crippen LogP contribution in [-0.2, 0) is 9.59 Å². The molecule has 22 heavy (non-hydrogen) atoms. The molecule has 3 saturated carbocycles. The van der Waals surface area contributed by atoms with E-state index in [-0.39, 0.29) is 28.7 Å². The summed E-state index contributed by atoms with van der Waals surface area (Å²) < 4.78 is 0. The largest absolute Gasteiger partial charge is 0.396 e. The molecule has 2 bridgehead atoms. The molecule has 0 aromatic heterocycles. The summed E-state index contributed by atoms with van der Waals surface area (Å²) >= 11 is 0. The summed E-state index contributed by atoms with van der Waals surface area (Å²) in [7, 11) is 0. The summed E-state index contributed by atoms with van der Waals surface area (Å²) in [4.78, 5) is 23.1. The van der Waals surface area contributed by atoms with E-state index in [4.69, 9.17) is 0 Å². The van der Waals surface area contributed by atoms with E-state index < -0.39 is 0 Å². The van der Waals surface area contributed by atoms with Crippen molar-refractivity contribution in [2.45, 2.75) is 43.6 Å². The third kappa shape index (κ3) is 2.03. The van der Waals surface area contributed by atoms with Gasteiger partial charge in [-0.05, 0) is 43.4 Å². The highest BCUT2D eigenvalue weighted by molar-refractivity contribution is 6.00. The summed E-state index contributed by atoms with van der Waals surface area (Å²) in [6.45, 7) is 0.297. The topological polar surface area (TPSA) is 78.4 Å². The number of hydrogen-bond donors (Lipinski definition) is 3. The second-order valence-electron chi connectivity index (χ2n) is 7.22. The van der Waals surface area contributed by atoms with Crippen LogP contribution in [0.25, 0.3) is 0 Å². The minimum Gasteiger partial charge on any atom is -0.396 e. The Hall–Kier alpha value is -1.88. The van der Waals surface area contributed by atoms with Crippen LogP contribution in [0.2, 0.25) is 0 Å². The minimum atomic E-state index is -0.223. The number of nitrogens with one attached hydrogen (secondary N) is 2. The van der Waals surface area contributed by atoms with Crippen molar-refractivity contribution in [3.63, 3.8) is 0 Å². The number of carbonyl (C=O) groups is 2. The van der Waals surface area contributed by atoms with Crippen LogP contribution in [0.15, 0.2) is 24.3 Å². The van der Waals surface area contributed by atoms with Gasteiger partial charge in [0.1, 0.15) is 0 Å². The fourth-order valence-corrected chi connectivity index (χ4v) is 4.41. The smallest absolute Gasteiger partial charge is 0.234 e. The molecule has 3 aliphatic carbocycles. The lowest BCUT2D eigenvalue weighted by Crippen LogP contribution is -2.72. The van der Waals surface area contributed by atoms with E-state index >= 15 is 0 Å². The molecule has 1 aliphatic heterocycles. The summed E-state index contributed by atoms with van der Waals surface area (Å²) in [6.07, 6.45) is 4.13. The van der Waals surface area contributed by atoms with Gasteiger partial charge in [-0.15, -0.1) is 0 Å². The molecule has 1 saturated heterocycles. The predicted molar refractivity (Wildman–Crippen MR) is 81.3 cm³/mol. The number of aliphatic hydroxyl groups excluding tert-OH is 1. The Labute approximate surface area is 129 Å². The van der Waals surface area contributed by atoms with Crippen molar-refractivity contribution in [1.82, 2.24) is 5.32 Å². The second kappa shape index (κ2) is 4.56. The monoisotopic (exact) mass is 300 g/mol. The molecule has 5 rings (SSSR count). The molecule has 0 radical (unpaired) electrons. The first kappa shape index (κ1) is 13.8. The Morgan fingerprint density at radius 3 is 2.45 bits per heavy atom. The van der Waals surface area contributed by atoms with Gasteiger partial charge in [-0.25, -0.2) is 0 Å². The number of aliphatic hydroxyl groups is 1. The minimum absolute atomic E-state index is 0.179. The summed E-state index contributed by atoms with van der Waals surface area (Å²) in [5.41, 5.74) is 2.39. The number of imide groups is 1. The van der Waals surface area contributed by atoms with Crippen LogP contribution in [0, 0.1) is 5.41 Å². The van der Waals surface area contributed by atoms with Crippen molar-refractivity contribution in [1.29, 1.82) is 0 Å². The molecular formula is C17H20N2O3. The molecule has 2 amide bonds. The quantitative estimate of drug-likeness (QED) is 0.737. The van der Waals surface area contributed by atoms with Gasteiger partial charge in [-0.1, -0.05) is 12.1 Å². The van der Waals surface area contributed by atoms with Crippen molar-refractivity contribution >= 4 is 17.5 Å². The number of anilines is 1. The van der Waals surface area contributed by atoms with Crippen molar-refractivity contribution in [3.8, 4) is 0 Å². The highest BCUT2D eigenvalue weighted by Gasteiger charge is 2.67. The number of rotatable bonds is 4. The van der Waals surface area contributed by atoms with Crippen LogP contribution in [0.4, 0.5) is 5.69 Å². The molecular weight excluding hydrogens is 280 g/mol. The van der Waals surface area contributed by atoms with Gasteiger partial charge in [0.2, 0.25) is 11.8 Å². The Morgan fingerprint density at radius 1 is 1.18 bits per heavy atom. The molecule has 1 aromatic carbocycles. The normalized spacial score (nSPS) is 36.1. The molecule has 5 nitrogen and oxygen atoms in total. The fourth-order valence-electron chi connectivity index (χ4n) is 4.41. The molecule has 0 spiro atoms. The molecule has 1 unspecified atom stereocenters. The third-order valence-electron chi connectivity index (χ3n) is 5.44. The zero-order valence-electron chi connectivity index (χ0n) is 12.4. The first-order valence-electron chi connectivity index (χ1n) is 7.86. The lowest BCUT2D eigenvalue weighted by Gasteiger charge is -2.70. The Bertz CT molecular complexity index is 618. The van der Waals surface area contributed by atoms with Gasteiger partial charge in [0, 0.05) is 29.7 Å². The number of piperidine rings is 1. The number of carbonyl (C=O) groups excluding carboxylic acids is 2. The van der Waals surface area contributed by atoms with Crippen LogP contribution >= 0.6 is 0 Å². The molecule has 1 aromatic rings. The average molecular weight is 300 g/mol. The van der Waals surface area contributed by atoms with Gasteiger partial charge in [0.05, 0.1) is 5.92 Å². The van der Waals surface area contributed by atoms with Crippen LogP contribution in [0.1, 0.15) is 43.6 Å². The van der Waals surface area contributed by atoms with Gasteiger partial charge in [0.15, 0.2) is 0 Å². The molecule has 3 N–H and O–H groups in total. The average Bonchev–Trinajstić information content (AvgIpc) is 2.42. The van der Waals surface area contributed by atoms with Gasteiger partial charge in [-0.2, -0.15) is 0 Å². The van der Waals surface area contributed by atoms with Gasteiger partial charge in [0.25, 0.3) is 0 Å². The van der Waals surface area contributed by atoms with E-state index in [1.165, 1.54) is 0 Å². The van der Waals surface area contributed by atoms with Gasteiger partial charge < -0.3 is 10.4 Å². The second-order valence-corrected chi connectivity index (χ2v) is 7.22. The number of amides is 2. The number of hydrogen-bond acceptors (Lipinski definition) is 4. The predicted octanol–water partition coefficient (Wildman–Crippen LogP) is 1.53. The van der Waals surface area contributed by atoms with E-state index in [9.17, 15) is 14.7 Å². The number of benzene rings is 1. The van der Waals surface area contributed by atoms with Crippen molar-refractivity contribution in [2.24, 2.45) is 5.41 Å². The van der Waals surface area contributed by atoms with Crippen LogP contribution < -0.4 is 10.6 Å².